The van der Waals surface area contributed by atoms with Gasteiger partial charge < -0.3 is 25.4 Å². The van der Waals surface area contributed by atoms with Crippen molar-refractivity contribution in [1.82, 2.24) is 10.6 Å². The molecule has 0 aliphatic carbocycles. The summed E-state index contributed by atoms with van der Waals surface area (Å²) in [5, 5.41) is 14.3. The lowest BCUT2D eigenvalue weighted by Crippen LogP contribution is -2.45. The molecule has 1 aliphatic rings. The number of anilines is 1. The normalized spacial score (nSPS) is 22.1. The fourth-order valence-electron chi connectivity index (χ4n) is 2.78. The maximum Gasteiger partial charge on any atom is 0.315 e. The summed E-state index contributed by atoms with van der Waals surface area (Å²) in [5.74, 6) is -0.306. The van der Waals surface area contributed by atoms with Crippen LogP contribution >= 0.6 is 0 Å². The van der Waals surface area contributed by atoms with E-state index in [4.69, 9.17) is 9.84 Å². The second-order valence-corrected chi connectivity index (χ2v) is 6.36. The Kier molecular flexibility index (Phi) is 6.39. The second-order valence-electron chi connectivity index (χ2n) is 6.36. The van der Waals surface area contributed by atoms with Gasteiger partial charge in [-0.25, -0.2) is 9.18 Å². The maximum atomic E-state index is 14.4. The van der Waals surface area contributed by atoms with Crippen molar-refractivity contribution < 1.29 is 19.0 Å². The van der Waals surface area contributed by atoms with E-state index in [9.17, 15) is 9.18 Å². The number of carbonyl (C=O) groups is 1. The molecular weight excluding hydrogens is 313 g/mol. The number of hydrogen-bond acceptors (Lipinski definition) is 4. The van der Waals surface area contributed by atoms with Crippen molar-refractivity contribution in [3.63, 3.8) is 0 Å². The monoisotopic (exact) mass is 339 g/mol. The molecule has 1 heterocycles. The zero-order chi connectivity index (χ0) is 17.7. The smallest absolute Gasteiger partial charge is 0.315 e. The number of nitrogens with one attached hydrogen (secondary N) is 2. The lowest BCUT2D eigenvalue weighted by molar-refractivity contribution is -0.00539. The molecule has 1 fully saturated rings. The number of carbonyl (C=O) groups excluding carboxylic acids is 1. The Labute approximate surface area is 142 Å². The van der Waals surface area contributed by atoms with Gasteiger partial charge in [-0.2, -0.15) is 0 Å². The van der Waals surface area contributed by atoms with Crippen molar-refractivity contribution in [3.05, 3.63) is 29.6 Å². The van der Waals surface area contributed by atoms with Gasteiger partial charge in [-0.1, -0.05) is 6.07 Å². The first-order chi connectivity index (χ1) is 11.3. The van der Waals surface area contributed by atoms with Gasteiger partial charge >= 0.3 is 6.03 Å². The summed E-state index contributed by atoms with van der Waals surface area (Å²) in [6.07, 6.45) is -0.481. The first kappa shape index (κ1) is 18.5. The number of aliphatic hydroxyl groups excluding tert-OH is 1. The number of halogens is 1. The van der Waals surface area contributed by atoms with Gasteiger partial charge in [0.25, 0.3) is 0 Å². The van der Waals surface area contributed by atoms with Crippen molar-refractivity contribution >= 4 is 11.7 Å². The van der Waals surface area contributed by atoms with Crippen LogP contribution in [0.15, 0.2) is 18.2 Å². The Balaban J connectivity index is 1.93. The van der Waals surface area contributed by atoms with Crippen molar-refractivity contribution in [2.75, 3.05) is 24.5 Å². The molecule has 0 unspecified atom stereocenters. The largest absolute Gasteiger partial charge is 0.392 e. The number of ether oxygens (including phenoxy) is 1. The van der Waals surface area contributed by atoms with Gasteiger partial charge in [0.2, 0.25) is 0 Å². The van der Waals surface area contributed by atoms with E-state index in [1.807, 2.05) is 18.7 Å². The number of hydrogen-bond donors (Lipinski definition) is 3. The van der Waals surface area contributed by atoms with Crippen LogP contribution < -0.4 is 15.5 Å². The van der Waals surface area contributed by atoms with Crippen LogP contribution in [0.3, 0.4) is 0 Å². The summed E-state index contributed by atoms with van der Waals surface area (Å²) in [7, 11) is 0. The van der Waals surface area contributed by atoms with E-state index in [0.717, 1.165) is 0 Å². The quantitative estimate of drug-likeness (QED) is 0.762. The molecule has 3 atom stereocenters. The average molecular weight is 339 g/mol. The third-order valence-electron chi connectivity index (χ3n) is 3.78. The minimum Gasteiger partial charge on any atom is -0.392 e. The Hall–Kier alpha value is -1.86. The summed E-state index contributed by atoms with van der Waals surface area (Å²) in [4.78, 5) is 13.5. The van der Waals surface area contributed by atoms with Crippen LogP contribution in [-0.2, 0) is 11.3 Å². The average Bonchev–Trinajstić information content (AvgIpc) is 2.50. The van der Waals surface area contributed by atoms with Crippen LogP contribution in [0.1, 0.15) is 26.3 Å². The highest BCUT2D eigenvalue weighted by Gasteiger charge is 2.24. The van der Waals surface area contributed by atoms with Crippen LogP contribution in [0.2, 0.25) is 0 Å². The van der Waals surface area contributed by atoms with Crippen LogP contribution in [0.5, 0.6) is 0 Å². The van der Waals surface area contributed by atoms with Gasteiger partial charge in [0, 0.05) is 26.2 Å². The number of nitrogens with zero attached hydrogens (tertiary/aromatic N) is 1. The third kappa shape index (κ3) is 5.35. The predicted molar refractivity (Wildman–Crippen MR) is 90.5 cm³/mol. The third-order valence-corrected chi connectivity index (χ3v) is 3.78. The molecule has 3 N–H and O–H groups in total. The molecule has 0 spiro atoms. The Morgan fingerprint density at radius 3 is 2.62 bits per heavy atom. The summed E-state index contributed by atoms with van der Waals surface area (Å²) in [6.45, 7) is 7.24. The number of urea groups is 1. The van der Waals surface area contributed by atoms with E-state index in [1.54, 1.807) is 19.1 Å². The van der Waals surface area contributed by atoms with Gasteiger partial charge in [-0.05, 0) is 38.5 Å². The Morgan fingerprint density at radius 2 is 2.04 bits per heavy atom. The summed E-state index contributed by atoms with van der Waals surface area (Å²) < 4.78 is 20.1. The molecule has 134 valence electrons. The minimum atomic E-state index is -0.606. The van der Waals surface area contributed by atoms with E-state index in [1.165, 1.54) is 6.07 Å². The molecule has 1 saturated heterocycles. The molecular formula is C17H26FN3O3. The van der Waals surface area contributed by atoms with E-state index in [0.29, 0.717) is 24.3 Å². The fourth-order valence-corrected chi connectivity index (χ4v) is 2.78. The van der Waals surface area contributed by atoms with Gasteiger partial charge in [-0.15, -0.1) is 0 Å². The topological polar surface area (TPSA) is 73.8 Å². The first-order valence-electron chi connectivity index (χ1n) is 8.23. The molecule has 1 aromatic carbocycles. The minimum absolute atomic E-state index is 0.0621. The number of amides is 2. The lowest BCUT2D eigenvalue weighted by atomic mass is 10.1. The van der Waals surface area contributed by atoms with Crippen molar-refractivity contribution in [2.24, 2.45) is 0 Å². The van der Waals surface area contributed by atoms with Gasteiger partial charge in [0.15, 0.2) is 0 Å². The highest BCUT2D eigenvalue weighted by atomic mass is 19.1. The Bertz CT molecular complexity index is 558. The molecule has 0 saturated carbocycles. The second kappa shape index (κ2) is 8.30. The standard InChI is InChI=1S/C17H26FN3O3/c1-11(22)7-19-17(23)20-8-14-4-5-16(15(18)6-14)21-9-12(2)24-13(3)10-21/h4-6,11-13,22H,7-10H2,1-3H3,(H2,19,20,23)/t11-,12-,13-/m0/s1. The molecule has 24 heavy (non-hydrogen) atoms. The van der Waals surface area contributed by atoms with E-state index in [-0.39, 0.29) is 31.1 Å². The van der Waals surface area contributed by atoms with Crippen LogP contribution in [-0.4, -0.2) is 49.1 Å². The lowest BCUT2D eigenvalue weighted by Gasteiger charge is -2.37. The van der Waals surface area contributed by atoms with Crippen molar-refractivity contribution in [3.8, 4) is 0 Å². The molecule has 6 nitrogen and oxygen atoms in total. The van der Waals surface area contributed by atoms with Gasteiger partial charge in [0.1, 0.15) is 5.82 Å². The molecule has 7 heteroatoms. The van der Waals surface area contributed by atoms with E-state index >= 15 is 0 Å². The van der Waals surface area contributed by atoms with Gasteiger partial charge in [0.05, 0.1) is 24.0 Å². The number of aliphatic hydroxyl groups is 1. The fraction of sp³-hybridized carbons (Fsp3) is 0.588. The zero-order valence-electron chi connectivity index (χ0n) is 14.4. The highest BCUT2D eigenvalue weighted by molar-refractivity contribution is 5.73. The van der Waals surface area contributed by atoms with Crippen LogP contribution in [0, 0.1) is 5.82 Å². The molecule has 0 radical (unpaired) electrons. The number of rotatable bonds is 5. The van der Waals surface area contributed by atoms with Crippen LogP contribution in [0.4, 0.5) is 14.9 Å². The molecule has 0 bridgehead atoms. The SMILES string of the molecule is C[C@H](O)CNC(=O)NCc1ccc(N2C[C@H](C)O[C@@H](C)C2)c(F)c1. The first-order valence-corrected chi connectivity index (χ1v) is 8.23. The number of morpholine rings is 1. The van der Waals surface area contributed by atoms with E-state index < -0.39 is 12.1 Å². The highest BCUT2D eigenvalue weighted by Crippen LogP contribution is 2.24. The Morgan fingerprint density at radius 1 is 1.38 bits per heavy atom. The van der Waals surface area contributed by atoms with Crippen LogP contribution in [0.25, 0.3) is 0 Å². The number of benzene rings is 1. The molecule has 2 rings (SSSR count). The molecule has 1 aliphatic heterocycles. The summed E-state index contributed by atoms with van der Waals surface area (Å²) in [6, 6.07) is 4.59. The van der Waals surface area contributed by atoms with Crippen molar-refractivity contribution in [1.29, 1.82) is 0 Å². The zero-order valence-corrected chi connectivity index (χ0v) is 14.4. The van der Waals surface area contributed by atoms with E-state index in [2.05, 4.69) is 10.6 Å². The van der Waals surface area contributed by atoms with Crippen molar-refractivity contribution in [2.45, 2.75) is 45.6 Å². The predicted octanol–water partition coefficient (Wildman–Crippen LogP) is 1.62. The summed E-state index contributed by atoms with van der Waals surface area (Å²) >= 11 is 0. The molecule has 0 aromatic heterocycles. The maximum absolute atomic E-state index is 14.4. The van der Waals surface area contributed by atoms with Gasteiger partial charge in [-0.3, -0.25) is 0 Å². The summed E-state index contributed by atoms with van der Waals surface area (Å²) in [5.41, 5.74) is 1.23. The molecule has 2 amide bonds. The molecule has 1 aromatic rings.